The van der Waals surface area contributed by atoms with Gasteiger partial charge in [0, 0.05) is 11.6 Å². The van der Waals surface area contributed by atoms with Crippen LogP contribution in [0.4, 0.5) is 13.2 Å². The lowest BCUT2D eigenvalue weighted by Crippen LogP contribution is -2.54. The SMILES string of the molecule is C=C(C)C(=O)OC(C)C(=O)N(C(=O)C(F)(F)F)C1CCCCC1. The minimum absolute atomic E-state index is 0.0102. The molecule has 5 nitrogen and oxygen atoms in total. The summed E-state index contributed by atoms with van der Waals surface area (Å²) in [6.45, 7) is 5.82. The van der Waals surface area contributed by atoms with Crippen molar-refractivity contribution in [1.29, 1.82) is 0 Å². The molecule has 0 aromatic rings. The molecule has 0 heterocycles. The number of nitrogens with zero attached hydrogens (tertiary/aromatic N) is 1. The van der Waals surface area contributed by atoms with E-state index in [0.29, 0.717) is 25.7 Å². The molecule has 8 heteroatoms. The Bertz CT molecular complexity index is 495. The van der Waals surface area contributed by atoms with E-state index in [2.05, 4.69) is 6.58 Å². The number of halogens is 3. The largest absolute Gasteiger partial charge is 0.471 e. The first kappa shape index (κ1) is 19.2. The zero-order valence-corrected chi connectivity index (χ0v) is 13.1. The third kappa shape index (κ3) is 5.07. The number of carbonyl (C=O) groups is 3. The molecule has 0 radical (unpaired) electrons. The lowest BCUT2D eigenvalue weighted by molar-refractivity contribution is -0.193. The van der Waals surface area contributed by atoms with E-state index in [-0.39, 0.29) is 10.5 Å². The van der Waals surface area contributed by atoms with E-state index in [4.69, 9.17) is 4.74 Å². The highest BCUT2D eigenvalue weighted by Crippen LogP contribution is 2.28. The maximum atomic E-state index is 12.8. The molecule has 1 aliphatic rings. The van der Waals surface area contributed by atoms with Gasteiger partial charge in [-0.15, -0.1) is 0 Å². The Morgan fingerprint density at radius 3 is 2.13 bits per heavy atom. The summed E-state index contributed by atoms with van der Waals surface area (Å²) in [5.41, 5.74) is 0.0102. The summed E-state index contributed by atoms with van der Waals surface area (Å²) in [6, 6.07) is -0.823. The van der Waals surface area contributed by atoms with Crippen molar-refractivity contribution in [2.75, 3.05) is 0 Å². The van der Waals surface area contributed by atoms with Crippen molar-refractivity contribution in [3.63, 3.8) is 0 Å². The van der Waals surface area contributed by atoms with Gasteiger partial charge >= 0.3 is 18.1 Å². The number of carbonyl (C=O) groups excluding carboxylic acids is 3. The quantitative estimate of drug-likeness (QED) is 0.585. The third-order valence-corrected chi connectivity index (χ3v) is 3.62. The maximum Gasteiger partial charge on any atom is 0.471 e. The van der Waals surface area contributed by atoms with Crippen LogP contribution in [0.5, 0.6) is 0 Å². The van der Waals surface area contributed by atoms with Crippen LogP contribution in [0.1, 0.15) is 46.0 Å². The minimum atomic E-state index is -5.16. The number of ether oxygens (including phenoxy) is 1. The molecule has 0 saturated heterocycles. The van der Waals surface area contributed by atoms with Crippen molar-refractivity contribution < 1.29 is 32.3 Å². The van der Waals surface area contributed by atoms with Gasteiger partial charge in [-0.3, -0.25) is 14.5 Å². The van der Waals surface area contributed by atoms with Gasteiger partial charge in [-0.25, -0.2) is 4.79 Å². The first-order chi connectivity index (χ1) is 10.6. The molecule has 1 aliphatic carbocycles. The Morgan fingerprint density at radius 2 is 1.70 bits per heavy atom. The average molecular weight is 335 g/mol. The van der Waals surface area contributed by atoms with E-state index in [0.717, 1.165) is 13.3 Å². The van der Waals surface area contributed by atoms with Crippen molar-refractivity contribution in [3.8, 4) is 0 Å². The monoisotopic (exact) mass is 335 g/mol. The van der Waals surface area contributed by atoms with Gasteiger partial charge < -0.3 is 4.74 Å². The van der Waals surface area contributed by atoms with Crippen molar-refractivity contribution in [1.82, 2.24) is 4.90 Å². The fourth-order valence-corrected chi connectivity index (χ4v) is 2.43. The van der Waals surface area contributed by atoms with E-state index in [1.165, 1.54) is 6.92 Å². The van der Waals surface area contributed by atoms with Gasteiger partial charge in [0.25, 0.3) is 5.91 Å². The minimum Gasteiger partial charge on any atom is -0.449 e. The van der Waals surface area contributed by atoms with Crippen LogP contribution in [0.15, 0.2) is 12.2 Å². The van der Waals surface area contributed by atoms with Crippen LogP contribution in [0.25, 0.3) is 0 Å². The van der Waals surface area contributed by atoms with E-state index in [9.17, 15) is 27.6 Å². The van der Waals surface area contributed by atoms with Gasteiger partial charge in [0.2, 0.25) is 0 Å². The van der Waals surface area contributed by atoms with E-state index >= 15 is 0 Å². The van der Waals surface area contributed by atoms with Crippen LogP contribution in [-0.4, -0.2) is 41.0 Å². The van der Waals surface area contributed by atoms with Gasteiger partial charge in [0.15, 0.2) is 6.10 Å². The van der Waals surface area contributed by atoms with Crippen LogP contribution in [0, 0.1) is 0 Å². The molecule has 2 amide bonds. The summed E-state index contributed by atoms with van der Waals surface area (Å²) in [4.78, 5) is 35.6. The topological polar surface area (TPSA) is 63.7 Å². The molecular formula is C15H20F3NO4. The van der Waals surface area contributed by atoms with E-state index in [1.807, 2.05) is 0 Å². The highest BCUT2D eigenvalue weighted by molar-refractivity contribution is 6.01. The smallest absolute Gasteiger partial charge is 0.449 e. The number of hydrogen-bond acceptors (Lipinski definition) is 4. The van der Waals surface area contributed by atoms with Crippen LogP contribution in [0.3, 0.4) is 0 Å². The molecule has 23 heavy (non-hydrogen) atoms. The number of esters is 1. The summed E-state index contributed by atoms with van der Waals surface area (Å²) in [6.07, 6.45) is -3.90. The number of imide groups is 1. The standard InChI is InChI=1S/C15H20F3NO4/c1-9(2)13(21)23-10(3)12(20)19(14(22)15(16,17)18)11-7-5-4-6-8-11/h10-11H,1,4-8H2,2-3H3. The number of amides is 2. The summed E-state index contributed by atoms with van der Waals surface area (Å²) in [5, 5.41) is 0. The molecule has 1 unspecified atom stereocenters. The molecule has 0 aliphatic heterocycles. The van der Waals surface area contributed by atoms with Crippen molar-refractivity contribution in [3.05, 3.63) is 12.2 Å². The molecular weight excluding hydrogens is 315 g/mol. The molecule has 0 N–H and O–H groups in total. The number of alkyl halides is 3. The van der Waals surface area contributed by atoms with Gasteiger partial charge in [-0.1, -0.05) is 25.8 Å². The third-order valence-electron chi connectivity index (χ3n) is 3.62. The fourth-order valence-electron chi connectivity index (χ4n) is 2.43. The molecule has 0 bridgehead atoms. The molecule has 0 aromatic carbocycles. The maximum absolute atomic E-state index is 12.8. The molecule has 1 rings (SSSR count). The number of hydrogen-bond donors (Lipinski definition) is 0. The van der Waals surface area contributed by atoms with Crippen molar-refractivity contribution >= 4 is 17.8 Å². The van der Waals surface area contributed by atoms with Crippen molar-refractivity contribution in [2.24, 2.45) is 0 Å². The molecule has 1 fully saturated rings. The summed E-state index contributed by atoms with van der Waals surface area (Å²) >= 11 is 0. The molecule has 0 aromatic heterocycles. The molecule has 1 saturated carbocycles. The molecule has 0 spiro atoms. The number of rotatable bonds is 4. The summed E-state index contributed by atoms with van der Waals surface area (Å²) < 4.78 is 43.2. The fraction of sp³-hybridized carbons (Fsp3) is 0.667. The predicted octanol–water partition coefficient (Wildman–Crippen LogP) is 2.74. The lowest BCUT2D eigenvalue weighted by atomic mass is 9.93. The van der Waals surface area contributed by atoms with Gasteiger partial charge in [0.1, 0.15) is 0 Å². The van der Waals surface area contributed by atoms with Gasteiger partial charge in [-0.2, -0.15) is 13.2 Å². The lowest BCUT2D eigenvalue weighted by Gasteiger charge is -2.34. The Labute approximate surface area is 132 Å². The van der Waals surface area contributed by atoms with Gasteiger partial charge in [0.05, 0.1) is 0 Å². The van der Waals surface area contributed by atoms with Crippen LogP contribution in [-0.2, 0) is 19.1 Å². The Kier molecular flexibility index (Phi) is 6.35. The normalized spacial score (nSPS) is 17.3. The zero-order valence-electron chi connectivity index (χ0n) is 13.1. The Morgan fingerprint density at radius 1 is 1.17 bits per heavy atom. The second-order valence-electron chi connectivity index (χ2n) is 5.63. The Balaban J connectivity index is 2.98. The van der Waals surface area contributed by atoms with Crippen LogP contribution < -0.4 is 0 Å². The molecule has 130 valence electrons. The second-order valence-corrected chi connectivity index (χ2v) is 5.63. The van der Waals surface area contributed by atoms with Crippen molar-refractivity contribution in [2.45, 2.75) is 64.3 Å². The first-order valence-electron chi connectivity index (χ1n) is 7.36. The average Bonchev–Trinajstić information content (AvgIpc) is 2.47. The summed E-state index contributed by atoms with van der Waals surface area (Å²) in [5.74, 6) is -4.27. The van der Waals surface area contributed by atoms with E-state index < -0.39 is 36.1 Å². The van der Waals surface area contributed by atoms with Crippen LogP contribution >= 0.6 is 0 Å². The molecule has 1 atom stereocenters. The highest BCUT2D eigenvalue weighted by atomic mass is 19.4. The second kappa shape index (κ2) is 7.61. The first-order valence-corrected chi connectivity index (χ1v) is 7.36. The zero-order chi connectivity index (χ0) is 17.8. The highest BCUT2D eigenvalue weighted by Gasteiger charge is 2.48. The van der Waals surface area contributed by atoms with E-state index in [1.54, 1.807) is 0 Å². The van der Waals surface area contributed by atoms with Gasteiger partial charge in [-0.05, 0) is 26.7 Å². The van der Waals surface area contributed by atoms with Crippen LogP contribution in [0.2, 0.25) is 0 Å². The predicted molar refractivity (Wildman–Crippen MR) is 75.1 cm³/mol. The Hall–Kier alpha value is -1.86. The summed E-state index contributed by atoms with van der Waals surface area (Å²) in [7, 11) is 0.